The Morgan fingerprint density at radius 2 is 2.11 bits per heavy atom. The molecule has 3 nitrogen and oxygen atoms in total. The van der Waals surface area contributed by atoms with Crippen LogP contribution >= 0.6 is 27.5 Å². The van der Waals surface area contributed by atoms with Gasteiger partial charge in [-0.15, -0.1) is 0 Å². The number of hydrogen-bond donors (Lipinski definition) is 2. The molecule has 5 heteroatoms. The van der Waals surface area contributed by atoms with Gasteiger partial charge in [-0.05, 0) is 30.0 Å². The molecule has 1 amide bonds. The molecule has 19 heavy (non-hydrogen) atoms. The molecule has 0 aliphatic heterocycles. The van der Waals surface area contributed by atoms with Crippen LogP contribution in [0.2, 0.25) is 5.02 Å². The van der Waals surface area contributed by atoms with E-state index >= 15 is 0 Å². The van der Waals surface area contributed by atoms with Crippen molar-refractivity contribution >= 4 is 33.4 Å². The lowest BCUT2D eigenvalue weighted by Gasteiger charge is -2.19. The summed E-state index contributed by atoms with van der Waals surface area (Å²) in [5, 5.41) is 6.65. The standard InChI is InChI=1S/C14H20BrClN2O/c1-9(2)6-13(14(19)17-3)18-8-10-4-5-11(15)7-12(10)16/h4-5,7,9,13,18H,6,8H2,1-3H3,(H,17,19). The molecular formula is C14H20BrClN2O. The van der Waals surface area contributed by atoms with Gasteiger partial charge in [0, 0.05) is 23.1 Å². The SMILES string of the molecule is CNC(=O)C(CC(C)C)NCc1ccc(Br)cc1Cl. The summed E-state index contributed by atoms with van der Waals surface area (Å²) in [5.41, 5.74) is 0.988. The second kappa shape index (κ2) is 7.88. The van der Waals surface area contributed by atoms with E-state index in [0.29, 0.717) is 17.5 Å². The van der Waals surface area contributed by atoms with Crippen molar-refractivity contribution < 1.29 is 4.79 Å². The van der Waals surface area contributed by atoms with Crippen LogP contribution in [-0.2, 0) is 11.3 Å². The van der Waals surface area contributed by atoms with E-state index in [2.05, 4.69) is 40.4 Å². The van der Waals surface area contributed by atoms with Gasteiger partial charge in [-0.25, -0.2) is 0 Å². The zero-order valence-corrected chi connectivity index (χ0v) is 13.8. The first-order valence-electron chi connectivity index (χ1n) is 6.33. The predicted octanol–water partition coefficient (Wildman–Crippen LogP) is 3.35. The zero-order valence-electron chi connectivity index (χ0n) is 11.5. The summed E-state index contributed by atoms with van der Waals surface area (Å²) >= 11 is 9.54. The Morgan fingerprint density at radius 3 is 2.63 bits per heavy atom. The maximum atomic E-state index is 11.8. The third kappa shape index (κ3) is 5.51. The molecule has 1 aromatic rings. The number of carbonyl (C=O) groups is 1. The lowest BCUT2D eigenvalue weighted by atomic mass is 10.0. The number of rotatable bonds is 6. The minimum Gasteiger partial charge on any atom is -0.358 e. The Kier molecular flexibility index (Phi) is 6.83. The number of hydrogen-bond acceptors (Lipinski definition) is 2. The van der Waals surface area contributed by atoms with Crippen LogP contribution in [0.5, 0.6) is 0 Å². The van der Waals surface area contributed by atoms with E-state index in [4.69, 9.17) is 11.6 Å². The Hall–Kier alpha value is -0.580. The summed E-state index contributed by atoms with van der Waals surface area (Å²) in [7, 11) is 1.66. The van der Waals surface area contributed by atoms with Gasteiger partial charge in [-0.1, -0.05) is 47.4 Å². The number of amides is 1. The molecule has 0 bridgehead atoms. The van der Waals surface area contributed by atoms with Crippen molar-refractivity contribution in [2.75, 3.05) is 7.05 Å². The summed E-state index contributed by atoms with van der Waals surface area (Å²) in [4.78, 5) is 11.8. The van der Waals surface area contributed by atoms with E-state index in [0.717, 1.165) is 16.5 Å². The van der Waals surface area contributed by atoms with Crippen molar-refractivity contribution in [3.8, 4) is 0 Å². The van der Waals surface area contributed by atoms with Crippen molar-refractivity contribution in [3.63, 3.8) is 0 Å². The van der Waals surface area contributed by atoms with Crippen molar-refractivity contribution in [3.05, 3.63) is 33.3 Å². The van der Waals surface area contributed by atoms with Crippen LogP contribution in [-0.4, -0.2) is 19.0 Å². The van der Waals surface area contributed by atoms with Gasteiger partial charge in [0.25, 0.3) is 0 Å². The largest absolute Gasteiger partial charge is 0.358 e. The van der Waals surface area contributed by atoms with E-state index in [1.807, 2.05) is 18.2 Å². The molecule has 2 N–H and O–H groups in total. The molecule has 0 aromatic heterocycles. The van der Waals surface area contributed by atoms with Gasteiger partial charge in [0.1, 0.15) is 0 Å². The van der Waals surface area contributed by atoms with Crippen LogP contribution in [0.15, 0.2) is 22.7 Å². The molecule has 0 heterocycles. The molecule has 0 saturated carbocycles. The summed E-state index contributed by atoms with van der Waals surface area (Å²) in [6.07, 6.45) is 0.799. The van der Waals surface area contributed by atoms with Gasteiger partial charge in [-0.2, -0.15) is 0 Å². The second-order valence-corrected chi connectivity index (χ2v) is 6.24. The monoisotopic (exact) mass is 346 g/mol. The summed E-state index contributed by atoms with van der Waals surface area (Å²) in [6, 6.07) is 5.57. The highest BCUT2D eigenvalue weighted by Crippen LogP contribution is 2.21. The number of benzene rings is 1. The Bertz CT molecular complexity index is 437. The Labute approximate surface area is 128 Å². The highest BCUT2D eigenvalue weighted by Gasteiger charge is 2.18. The fourth-order valence-corrected chi connectivity index (χ4v) is 2.57. The molecule has 0 aliphatic carbocycles. The van der Waals surface area contributed by atoms with Gasteiger partial charge in [0.15, 0.2) is 0 Å². The van der Waals surface area contributed by atoms with Crippen molar-refractivity contribution in [2.45, 2.75) is 32.9 Å². The van der Waals surface area contributed by atoms with Crippen LogP contribution < -0.4 is 10.6 Å². The summed E-state index contributed by atoms with van der Waals surface area (Å²) in [5.74, 6) is 0.470. The first-order chi connectivity index (χ1) is 8.93. The second-order valence-electron chi connectivity index (χ2n) is 4.91. The number of halogens is 2. The molecule has 0 saturated heterocycles. The summed E-state index contributed by atoms with van der Waals surface area (Å²) < 4.78 is 0.950. The molecule has 0 radical (unpaired) electrons. The van der Waals surface area contributed by atoms with Crippen LogP contribution in [0.25, 0.3) is 0 Å². The molecule has 1 unspecified atom stereocenters. The van der Waals surface area contributed by atoms with E-state index in [1.165, 1.54) is 0 Å². The van der Waals surface area contributed by atoms with Gasteiger partial charge < -0.3 is 10.6 Å². The molecule has 106 valence electrons. The predicted molar refractivity (Wildman–Crippen MR) is 83.3 cm³/mol. The lowest BCUT2D eigenvalue weighted by Crippen LogP contribution is -2.43. The van der Waals surface area contributed by atoms with Crippen LogP contribution in [0.3, 0.4) is 0 Å². The fourth-order valence-electron chi connectivity index (χ4n) is 1.83. The van der Waals surface area contributed by atoms with Gasteiger partial charge in [0.05, 0.1) is 6.04 Å². The Morgan fingerprint density at radius 1 is 1.42 bits per heavy atom. The van der Waals surface area contributed by atoms with Crippen molar-refractivity contribution in [1.82, 2.24) is 10.6 Å². The highest BCUT2D eigenvalue weighted by atomic mass is 79.9. The first-order valence-corrected chi connectivity index (χ1v) is 7.50. The van der Waals surface area contributed by atoms with E-state index < -0.39 is 0 Å². The van der Waals surface area contributed by atoms with Crippen molar-refractivity contribution in [1.29, 1.82) is 0 Å². The van der Waals surface area contributed by atoms with Crippen molar-refractivity contribution in [2.24, 2.45) is 5.92 Å². The first kappa shape index (κ1) is 16.5. The molecular weight excluding hydrogens is 328 g/mol. The van der Waals surface area contributed by atoms with Crippen LogP contribution in [0.4, 0.5) is 0 Å². The summed E-state index contributed by atoms with van der Waals surface area (Å²) in [6.45, 7) is 4.78. The van der Waals surface area contributed by atoms with Gasteiger partial charge in [-0.3, -0.25) is 4.79 Å². The number of nitrogens with one attached hydrogen (secondary N) is 2. The van der Waals surface area contributed by atoms with Crippen LogP contribution in [0, 0.1) is 5.92 Å². The van der Waals surface area contributed by atoms with E-state index in [-0.39, 0.29) is 11.9 Å². The molecule has 0 spiro atoms. The highest BCUT2D eigenvalue weighted by molar-refractivity contribution is 9.10. The van der Waals surface area contributed by atoms with Crippen LogP contribution in [0.1, 0.15) is 25.8 Å². The lowest BCUT2D eigenvalue weighted by molar-refractivity contribution is -0.123. The third-order valence-corrected chi connectivity index (χ3v) is 3.67. The normalized spacial score (nSPS) is 12.5. The van der Waals surface area contributed by atoms with E-state index in [1.54, 1.807) is 7.05 Å². The minimum atomic E-state index is -0.190. The third-order valence-electron chi connectivity index (χ3n) is 2.82. The average molecular weight is 348 g/mol. The molecule has 1 rings (SSSR count). The molecule has 1 atom stereocenters. The minimum absolute atomic E-state index is 0.0157. The number of carbonyl (C=O) groups excluding carboxylic acids is 1. The molecule has 0 aliphatic rings. The quantitative estimate of drug-likeness (QED) is 0.828. The van der Waals surface area contributed by atoms with E-state index in [9.17, 15) is 4.79 Å². The van der Waals surface area contributed by atoms with Gasteiger partial charge >= 0.3 is 0 Å². The zero-order chi connectivity index (χ0) is 14.4. The smallest absolute Gasteiger partial charge is 0.236 e. The fraction of sp³-hybridized carbons (Fsp3) is 0.500. The maximum Gasteiger partial charge on any atom is 0.236 e. The molecule has 0 fully saturated rings. The average Bonchev–Trinajstić information content (AvgIpc) is 2.34. The molecule has 1 aromatic carbocycles. The Balaban J connectivity index is 2.67. The topological polar surface area (TPSA) is 41.1 Å². The maximum absolute atomic E-state index is 11.8. The number of likely N-dealkylation sites (N-methyl/N-ethyl adjacent to an activating group) is 1. The van der Waals surface area contributed by atoms with Gasteiger partial charge in [0.2, 0.25) is 5.91 Å².